The molecule has 2 atom stereocenters. The number of thiophene rings is 1. The highest BCUT2D eigenvalue weighted by Crippen LogP contribution is 2.51. The molecule has 2 unspecified atom stereocenters. The molecule has 4 heteroatoms. The van der Waals surface area contributed by atoms with Crippen molar-refractivity contribution in [1.82, 2.24) is 4.40 Å². The fourth-order valence-electron chi connectivity index (χ4n) is 10.3. The third-order valence-electron chi connectivity index (χ3n) is 12.8. The van der Waals surface area contributed by atoms with Crippen molar-refractivity contribution in [3.05, 3.63) is 203 Å². The molecule has 8 aromatic carbocycles. The van der Waals surface area contributed by atoms with Crippen molar-refractivity contribution in [2.45, 2.75) is 24.9 Å². The van der Waals surface area contributed by atoms with E-state index in [4.69, 9.17) is 4.99 Å². The fourth-order valence-corrected chi connectivity index (χ4v) is 11.5. The fraction of sp³-hybridized carbons (Fsp3) is 0.0755. The quantitative estimate of drug-likeness (QED) is 0.192. The van der Waals surface area contributed by atoms with Crippen molar-refractivity contribution in [2.24, 2.45) is 4.99 Å². The van der Waals surface area contributed by atoms with Gasteiger partial charge in [-0.05, 0) is 69.8 Å². The minimum atomic E-state index is -0.182. The maximum Gasteiger partial charge on any atom is 0.145 e. The summed E-state index contributed by atoms with van der Waals surface area (Å²) < 4.78 is 3.84. The van der Waals surface area contributed by atoms with Crippen molar-refractivity contribution < 1.29 is 0 Å². The molecule has 0 saturated heterocycles. The topological polar surface area (TPSA) is 28.8 Å². The first kappa shape index (κ1) is 31.5. The molecule has 0 spiro atoms. The predicted octanol–water partition coefficient (Wildman–Crippen LogP) is 13.9. The Morgan fingerprint density at radius 3 is 2.23 bits per heavy atom. The molecule has 1 aliphatic heterocycles. The first-order valence-corrected chi connectivity index (χ1v) is 20.8. The van der Waals surface area contributed by atoms with Crippen molar-refractivity contribution in [1.29, 1.82) is 0 Å². The summed E-state index contributed by atoms with van der Waals surface area (Å²) in [5, 5.41) is 13.1. The van der Waals surface area contributed by atoms with Gasteiger partial charge in [0.2, 0.25) is 0 Å². The number of fused-ring (bicyclic) bond motifs is 15. The molecule has 0 amide bonds. The number of hydrogen-bond acceptors (Lipinski definition) is 3. The second-order valence-corrected chi connectivity index (χ2v) is 16.8. The van der Waals surface area contributed by atoms with Crippen molar-refractivity contribution >= 4 is 81.7 Å². The van der Waals surface area contributed by atoms with E-state index in [0.29, 0.717) is 0 Å². The van der Waals surface area contributed by atoms with E-state index in [-0.39, 0.29) is 12.1 Å². The Labute approximate surface area is 333 Å². The van der Waals surface area contributed by atoms with E-state index in [1.54, 1.807) is 0 Å². The summed E-state index contributed by atoms with van der Waals surface area (Å²) in [5.74, 6) is 0.265. The lowest BCUT2D eigenvalue weighted by Gasteiger charge is -2.25. The molecule has 1 N–H and O–H groups in total. The van der Waals surface area contributed by atoms with Crippen LogP contribution in [-0.4, -0.2) is 10.1 Å². The van der Waals surface area contributed by atoms with Gasteiger partial charge in [-0.2, -0.15) is 0 Å². The first-order valence-electron chi connectivity index (χ1n) is 20.0. The average Bonchev–Trinajstić information content (AvgIpc) is 3.90. The number of aliphatic imine (C=N–C) groups is 1. The van der Waals surface area contributed by atoms with Gasteiger partial charge in [0.05, 0.1) is 32.8 Å². The van der Waals surface area contributed by atoms with Gasteiger partial charge in [-0.3, -0.25) is 4.99 Å². The molecule has 0 fully saturated rings. The number of aryl methyl sites for hydroxylation is 1. The van der Waals surface area contributed by atoms with Crippen LogP contribution in [0.25, 0.3) is 70.1 Å². The predicted molar refractivity (Wildman–Crippen MR) is 241 cm³/mol. The minimum Gasteiger partial charge on any atom is -0.358 e. The second-order valence-electron chi connectivity index (χ2n) is 15.8. The summed E-state index contributed by atoms with van der Waals surface area (Å²) in [6.45, 7) is 0. The number of nitrogens with zero attached hydrogens (tertiary/aromatic N) is 2. The number of para-hydroxylation sites is 1. The van der Waals surface area contributed by atoms with Crippen molar-refractivity contribution in [3.63, 3.8) is 0 Å². The lowest BCUT2D eigenvalue weighted by Crippen LogP contribution is -2.19. The Morgan fingerprint density at radius 1 is 0.596 bits per heavy atom. The van der Waals surface area contributed by atoms with Gasteiger partial charge >= 0.3 is 0 Å². The zero-order chi connectivity index (χ0) is 37.2. The van der Waals surface area contributed by atoms with E-state index < -0.39 is 0 Å². The van der Waals surface area contributed by atoms with Crippen LogP contribution in [0.4, 0.5) is 5.69 Å². The van der Waals surface area contributed by atoms with Gasteiger partial charge in [0, 0.05) is 48.5 Å². The van der Waals surface area contributed by atoms with Gasteiger partial charge in [0.15, 0.2) is 0 Å². The molecule has 0 bridgehead atoms. The normalized spacial score (nSPS) is 16.5. The molecule has 3 nitrogen and oxygen atoms in total. The van der Waals surface area contributed by atoms with Gasteiger partial charge < -0.3 is 9.72 Å². The summed E-state index contributed by atoms with van der Waals surface area (Å²) in [7, 11) is 0. The molecule has 1 aliphatic carbocycles. The number of aromatic nitrogens is 1. The van der Waals surface area contributed by atoms with Crippen LogP contribution in [0.3, 0.4) is 0 Å². The van der Waals surface area contributed by atoms with Gasteiger partial charge in [-0.15, -0.1) is 11.3 Å². The monoisotopic (exact) mass is 745 g/mol. The maximum absolute atomic E-state index is 5.40. The highest BCUT2D eigenvalue weighted by molar-refractivity contribution is 7.22. The smallest absolute Gasteiger partial charge is 0.145 e. The van der Waals surface area contributed by atoms with E-state index in [1.807, 2.05) is 11.3 Å². The average molecular weight is 746 g/mol. The Hall–Kier alpha value is -6.75. The highest BCUT2D eigenvalue weighted by Gasteiger charge is 2.31. The highest BCUT2D eigenvalue weighted by atomic mass is 32.1. The Kier molecular flexibility index (Phi) is 6.55. The molecule has 0 saturated carbocycles. The zero-order valence-electron chi connectivity index (χ0n) is 31.0. The molecule has 4 heterocycles. The van der Waals surface area contributed by atoms with Crippen LogP contribution >= 0.6 is 11.3 Å². The minimum absolute atomic E-state index is 0.182. The summed E-state index contributed by atoms with van der Waals surface area (Å²) >= 11 is 1.82. The first-order chi connectivity index (χ1) is 28.3. The van der Waals surface area contributed by atoms with Gasteiger partial charge in [-0.25, -0.2) is 0 Å². The maximum atomic E-state index is 5.40. The van der Waals surface area contributed by atoms with Crippen LogP contribution in [-0.2, 0) is 6.42 Å². The van der Waals surface area contributed by atoms with E-state index in [9.17, 15) is 0 Å². The van der Waals surface area contributed by atoms with Gasteiger partial charge in [0.1, 0.15) is 6.17 Å². The van der Waals surface area contributed by atoms with Gasteiger partial charge in [0.25, 0.3) is 0 Å². The number of anilines is 1. The second kappa shape index (κ2) is 11.9. The summed E-state index contributed by atoms with van der Waals surface area (Å²) in [5.41, 5.74) is 15.5. The van der Waals surface area contributed by atoms with E-state index in [2.05, 4.69) is 180 Å². The molecule has 268 valence electrons. The molecule has 2 aliphatic rings. The standard InChI is InChI=1S/C53H35N3S/c1-2-13-33(14-3-1)48-52-49(41-19-9-11-21-45(41)57-52)55-53(54-48)34-24-22-32(23-25-34)36-28-27-35-30-43-39-17-8-10-20-44(39)56-50-37-15-5-4-12-31(37)26-29-42(50)47(51(43)56)46(35)40-18-7-6-16-38(36)40/h1-26,29-30,36,53,55H,27-28H2. The molecule has 3 aromatic heterocycles. The molecule has 11 aromatic rings. The van der Waals surface area contributed by atoms with Crippen molar-refractivity contribution in [3.8, 4) is 11.1 Å². The summed E-state index contributed by atoms with van der Waals surface area (Å²) in [4.78, 5) is 6.61. The number of nitrogens with one attached hydrogen (secondary N) is 1. The molecule has 0 radical (unpaired) electrons. The number of hydrogen-bond donors (Lipinski definition) is 1. The van der Waals surface area contributed by atoms with Crippen LogP contribution in [0.1, 0.15) is 51.2 Å². The van der Waals surface area contributed by atoms with E-state index >= 15 is 0 Å². The van der Waals surface area contributed by atoms with E-state index in [0.717, 1.165) is 24.1 Å². The van der Waals surface area contributed by atoms with Crippen LogP contribution in [0.5, 0.6) is 0 Å². The Balaban J connectivity index is 0.958. The van der Waals surface area contributed by atoms with Crippen molar-refractivity contribution in [2.75, 3.05) is 5.32 Å². The molecule has 57 heavy (non-hydrogen) atoms. The largest absolute Gasteiger partial charge is 0.358 e. The van der Waals surface area contributed by atoms with E-state index in [1.165, 1.54) is 103 Å². The van der Waals surface area contributed by atoms with Crippen LogP contribution < -0.4 is 5.32 Å². The number of rotatable bonds is 3. The molecular weight excluding hydrogens is 711 g/mol. The SMILES string of the molecule is c1ccc(C2=NC(c3ccc(C4CCc5cc6c7ccccc7n7c8c9ccccc9ccc8c(c5-c5ccccc54)c67)cc3)Nc3c2sc2ccccc32)cc1. The lowest BCUT2D eigenvalue weighted by atomic mass is 9.85. The van der Waals surface area contributed by atoms with Crippen LogP contribution in [0.2, 0.25) is 0 Å². The van der Waals surface area contributed by atoms with Crippen LogP contribution in [0.15, 0.2) is 175 Å². The number of benzene rings is 8. The summed E-state index contributed by atoms with van der Waals surface area (Å²) in [6, 6.07) is 63.0. The lowest BCUT2D eigenvalue weighted by molar-refractivity contribution is 0.724. The van der Waals surface area contributed by atoms with Gasteiger partial charge in [-0.1, -0.05) is 152 Å². The third kappa shape index (κ3) is 4.45. The molecular formula is C53H35N3S. The Morgan fingerprint density at radius 2 is 1.33 bits per heavy atom. The third-order valence-corrected chi connectivity index (χ3v) is 14.0. The summed E-state index contributed by atoms with van der Waals surface area (Å²) in [6.07, 6.45) is 1.86. The Bertz CT molecular complexity index is 3440. The van der Waals surface area contributed by atoms with Crippen LogP contribution in [0, 0.1) is 0 Å². The molecule has 13 rings (SSSR count). The zero-order valence-corrected chi connectivity index (χ0v) is 31.9.